The number of benzene rings is 1. The van der Waals surface area contributed by atoms with Crippen molar-refractivity contribution in [2.45, 2.75) is 57.1 Å². The minimum absolute atomic E-state index is 0.157. The molecule has 2 heterocycles. The zero-order valence-electron chi connectivity index (χ0n) is 17.9. The first-order valence-electron chi connectivity index (χ1n) is 11.2. The Labute approximate surface area is 183 Å². The number of aliphatic hydroxyl groups is 1. The lowest BCUT2D eigenvalue weighted by Crippen LogP contribution is -2.38. The number of para-hydroxylation sites is 1. The van der Waals surface area contributed by atoms with Gasteiger partial charge in [-0.2, -0.15) is 0 Å². The van der Waals surface area contributed by atoms with E-state index in [1.54, 1.807) is 0 Å². The highest BCUT2D eigenvalue weighted by molar-refractivity contribution is 5.81. The van der Waals surface area contributed by atoms with Crippen molar-refractivity contribution in [1.82, 2.24) is 15.2 Å². The lowest BCUT2D eigenvalue weighted by Gasteiger charge is -2.23. The molecule has 0 bridgehead atoms. The van der Waals surface area contributed by atoms with Gasteiger partial charge in [-0.1, -0.05) is 37.5 Å². The maximum Gasteiger partial charge on any atom is 0.290 e. The molecule has 2 aromatic rings. The Balaban J connectivity index is 0.000000858. The van der Waals surface area contributed by atoms with Crippen molar-refractivity contribution in [1.29, 1.82) is 0 Å². The molecule has 2 atom stereocenters. The Kier molecular flexibility index (Phi) is 8.79. The van der Waals surface area contributed by atoms with Gasteiger partial charge in [0.15, 0.2) is 0 Å². The molecule has 1 aliphatic heterocycles. The number of β-amino-alcohol motifs (C(OH)–C–C–N with tert-alkyl or cyclic N) is 1. The van der Waals surface area contributed by atoms with Crippen LogP contribution in [0.25, 0.3) is 10.9 Å². The minimum Gasteiger partial charge on any atom is -0.483 e. The van der Waals surface area contributed by atoms with Gasteiger partial charge in [0.1, 0.15) is 0 Å². The number of amides is 1. The van der Waals surface area contributed by atoms with Gasteiger partial charge in [0.05, 0.1) is 11.6 Å². The van der Waals surface area contributed by atoms with Crippen LogP contribution in [0.1, 0.15) is 44.1 Å². The average molecular weight is 428 g/mol. The van der Waals surface area contributed by atoms with E-state index < -0.39 is 0 Å². The fraction of sp³-hybridized carbons (Fsp3) is 0.542. The monoisotopic (exact) mass is 427 g/mol. The maximum atomic E-state index is 12.3. The predicted molar refractivity (Wildman–Crippen MR) is 120 cm³/mol. The highest BCUT2D eigenvalue weighted by Gasteiger charge is 2.31. The highest BCUT2D eigenvalue weighted by atomic mass is 16.3. The number of pyridine rings is 1. The second-order valence-corrected chi connectivity index (χ2v) is 8.54. The standard InChI is InChI=1S/C23H31N3O2.CH2O2/c27-22-16-26(13-11-23(28)25-19-6-2-1-3-7-19)15-18(22)14-17-10-12-24-21-9-5-4-8-20(17)21;2-1-3/h4-5,8-10,12,18-19,22,27H,1-3,6-7,11,13-16H2,(H,25,28);1H,(H,2,3)/t18-,22-;/m1./s1. The van der Waals surface area contributed by atoms with Crippen molar-refractivity contribution in [3.05, 3.63) is 42.1 Å². The Morgan fingerprint density at radius 1 is 1.16 bits per heavy atom. The van der Waals surface area contributed by atoms with Crippen LogP contribution in [0.5, 0.6) is 0 Å². The van der Waals surface area contributed by atoms with Crippen LogP contribution in [0, 0.1) is 5.92 Å². The third-order valence-electron chi connectivity index (χ3n) is 6.33. The first kappa shape index (κ1) is 23.2. The SMILES string of the molecule is O=C(CCN1C[C@@H](Cc2ccnc3ccccc23)[C@H](O)C1)NC1CCCCC1.O=CO. The summed E-state index contributed by atoms with van der Waals surface area (Å²) in [5.41, 5.74) is 2.25. The van der Waals surface area contributed by atoms with Crippen LogP contribution in [-0.2, 0) is 16.0 Å². The average Bonchev–Trinajstić information content (AvgIpc) is 3.13. The smallest absolute Gasteiger partial charge is 0.290 e. The van der Waals surface area contributed by atoms with E-state index in [0.717, 1.165) is 37.9 Å². The number of hydrogen-bond donors (Lipinski definition) is 3. The number of nitrogens with one attached hydrogen (secondary N) is 1. The highest BCUT2D eigenvalue weighted by Crippen LogP contribution is 2.25. The van der Waals surface area contributed by atoms with E-state index in [9.17, 15) is 9.90 Å². The number of carboxylic acid groups (broad SMARTS) is 1. The Hall–Kier alpha value is -2.51. The number of rotatable bonds is 6. The van der Waals surface area contributed by atoms with Crippen molar-refractivity contribution in [3.8, 4) is 0 Å². The van der Waals surface area contributed by atoms with Crippen LogP contribution in [0.3, 0.4) is 0 Å². The molecule has 7 heteroatoms. The van der Waals surface area contributed by atoms with Gasteiger partial charge in [-0.15, -0.1) is 0 Å². The van der Waals surface area contributed by atoms with Gasteiger partial charge in [0.25, 0.3) is 6.47 Å². The van der Waals surface area contributed by atoms with Crippen LogP contribution in [-0.4, -0.2) is 64.3 Å². The van der Waals surface area contributed by atoms with Gasteiger partial charge in [-0.05, 0) is 37.0 Å². The molecule has 1 saturated carbocycles. The third kappa shape index (κ3) is 6.74. The number of carbonyl (C=O) groups excluding carboxylic acids is 1. The molecular weight excluding hydrogens is 394 g/mol. The van der Waals surface area contributed by atoms with Crippen molar-refractivity contribution < 1.29 is 19.8 Å². The zero-order valence-corrected chi connectivity index (χ0v) is 17.9. The van der Waals surface area contributed by atoms with E-state index in [4.69, 9.17) is 9.90 Å². The first-order chi connectivity index (χ1) is 15.1. The van der Waals surface area contributed by atoms with Crippen molar-refractivity contribution in [2.75, 3.05) is 19.6 Å². The van der Waals surface area contributed by atoms with Crippen LogP contribution in [0.4, 0.5) is 0 Å². The fourth-order valence-electron chi connectivity index (χ4n) is 4.75. The van der Waals surface area contributed by atoms with E-state index in [-0.39, 0.29) is 24.4 Å². The topological polar surface area (TPSA) is 103 Å². The van der Waals surface area contributed by atoms with Gasteiger partial charge in [0, 0.05) is 49.6 Å². The molecule has 1 saturated heterocycles. The fourth-order valence-corrected chi connectivity index (χ4v) is 4.75. The van der Waals surface area contributed by atoms with Gasteiger partial charge < -0.3 is 15.5 Å². The number of nitrogens with zero attached hydrogens (tertiary/aromatic N) is 2. The molecule has 2 aliphatic rings. The van der Waals surface area contributed by atoms with Crippen LogP contribution in [0.2, 0.25) is 0 Å². The van der Waals surface area contributed by atoms with Gasteiger partial charge >= 0.3 is 0 Å². The summed E-state index contributed by atoms with van der Waals surface area (Å²) in [4.78, 5) is 27.3. The summed E-state index contributed by atoms with van der Waals surface area (Å²) in [7, 11) is 0. The molecule has 7 nitrogen and oxygen atoms in total. The molecule has 0 spiro atoms. The summed E-state index contributed by atoms with van der Waals surface area (Å²) in [6, 6.07) is 10.6. The lowest BCUT2D eigenvalue weighted by molar-refractivity contribution is -0.123. The molecule has 31 heavy (non-hydrogen) atoms. The van der Waals surface area contributed by atoms with E-state index in [2.05, 4.69) is 27.3 Å². The minimum atomic E-state index is -0.340. The Morgan fingerprint density at radius 3 is 2.68 bits per heavy atom. The molecule has 3 N–H and O–H groups in total. The normalized spacial score (nSPS) is 22.0. The molecule has 0 unspecified atom stereocenters. The third-order valence-corrected chi connectivity index (χ3v) is 6.33. The Bertz CT molecular complexity index is 848. The molecule has 0 radical (unpaired) electrons. The number of likely N-dealkylation sites (tertiary alicyclic amines) is 1. The summed E-state index contributed by atoms with van der Waals surface area (Å²) < 4.78 is 0. The van der Waals surface area contributed by atoms with Gasteiger partial charge in [0.2, 0.25) is 5.91 Å². The van der Waals surface area contributed by atoms with Gasteiger partial charge in [-0.3, -0.25) is 19.5 Å². The summed E-state index contributed by atoms with van der Waals surface area (Å²) in [6.45, 7) is 1.97. The number of aromatic nitrogens is 1. The molecule has 1 amide bonds. The lowest BCUT2D eigenvalue weighted by atomic mass is 9.94. The molecule has 1 aromatic heterocycles. The second-order valence-electron chi connectivity index (χ2n) is 8.54. The summed E-state index contributed by atoms with van der Waals surface area (Å²) in [5, 5.41) is 21.8. The predicted octanol–water partition coefficient (Wildman–Crippen LogP) is 2.61. The molecule has 1 aliphatic carbocycles. The molecule has 4 rings (SSSR count). The second kappa shape index (κ2) is 11.8. The molecule has 168 valence electrons. The first-order valence-corrected chi connectivity index (χ1v) is 11.2. The number of aliphatic hydroxyl groups excluding tert-OH is 1. The van der Waals surface area contributed by atoms with E-state index in [1.165, 1.54) is 30.2 Å². The van der Waals surface area contributed by atoms with E-state index in [0.29, 0.717) is 19.0 Å². The van der Waals surface area contributed by atoms with Gasteiger partial charge in [-0.25, -0.2) is 0 Å². The van der Waals surface area contributed by atoms with Crippen LogP contribution >= 0.6 is 0 Å². The maximum absolute atomic E-state index is 12.3. The Morgan fingerprint density at radius 2 is 1.90 bits per heavy atom. The summed E-state index contributed by atoms with van der Waals surface area (Å²) in [5.74, 6) is 0.358. The number of hydrogen-bond acceptors (Lipinski definition) is 5. The molecular formula is C24H33N3O4. The summed E-state index contributed by atoms with van der Waals surface area (Å²) in [6.07, 6.45) is 8.88. The van der Waals surface area contributed by atoms with E-state index >= 15 is 0 Å². The van der Waals surface area contributed by atoms with Crippen molar-refractivity contribution in [2.24, 2.45) is 5.92 Å². The largest absolute Gasteiger partial charge is 0.483 e. The number of carbonyl (C=O) groups is 2. The molecule has 2 fully saturated rings. The molecule has 1 aromatic carbocycles. The number of fused-ring (bicyclic) bond motifs is 1. The summed E-state index contributed by atoms with van der Waals surface area (Å²) >= 11 is 0. The van der Waals surface area contributed by atoms with Crippen molar-refractivity contribution >= 4 is 23.3 Å². The van der Waals surface area contributed by atoms with Crippen LogP contribution in [0.15, 0.2) is 36.5 Å². The quantitative estimate of drug-likeness (QED) is 0.613. The van der Waals surface area contributed by atoms with Crippen molar-refractivity contribution in [3.63, 3.8) is 0 Å². The van der Waals surface area contributed by atoms with Crippen LogP contribution < -0.4 is 5.32 Å². The zero-order chi connectivity index (χ0) is 22.1. The van der Waals surface area contributed by atoms with E-state index in [1.807, 2.05) is 24.4 Å².